The summed E-state index contributed by atoms with van der Waals surface area (Å²) in [5, 5.41) is 28.5. The first kappa shape index (κ1) is 28.9. The highest BCUT2D eigenvalue weighted by Crippen LogP contribution is 2.47. The summed E-state index contributed by atoms with van der Waals surface area (Å²) in [6.07, 6.45) is -29.1. The SMILES string of the molecule is COc1c(C[C@@H](O)C(F)(F)F)c(OC)c(C[C@H](O)C(F)(F)F)c(OC)c1C[C@H](O)C(F)(F)F. The molecule has 1 rings (SSSR count). The highest BCUT2D eigenvalue weighted by Gasteiger charge is 2.44. The summed E-state index contributed by atoms with van der Waals surface area (Å²) in [6, 6.07) is 0. The van der Waals surface area contributed by atoms with E-state index in [2.05, 4.69) is 0 Å². The maximum absolute atomic E-state index is 13.0. The van der Waals surface area contributed by atoms with Gasteiger partial charge in [-0.3, -0.25) is 0 Å². The van der Waals surface area contributed by atoms with Gasteiger partial charge in [-0.2, -0.15) is 39.5 Å². The summed E-state index contributed by atoms with van der Waals surface area (Å²) < 4.78 is 131. The van der Waals surface area contributed by atoms with Crippen LogP contribution in [-0.4, -0.2) is 73.5 Å². The van der Waals surface area contributed by atoms with Crippen LogP contribution in [0, 0.1) is 0 Å². The lowest BCUT2D eigenvalue weighted by Gasteiger charge is -2.27. The van der Waals surface area contributed by atoms with Gasteiger partial charge in [-0.1, -0.05) is 0 Å². The second kappa shape index (κ2) is 10.4. The van der Waals surface area contributed by atoms with E-state index in [1.54, 1.807) is 0 Å². The Hall–Kier alpha value is -2.13. The lowest BCUT2D eigenvalue weighted by Crippen LogP contribution is -2.33. The molecule has 1 aromatic carbocycles. The van der Waals surface area contributed by atoms with E-state index in [1.807, 2.05) is 0 Å². The smallest absolute Gasteiger partial charge is 0.414 e. The van der Waals surface area contributed by atoms with Crippen LogP contribution < -0.4 is 14.2 Å². The number of methoxy groups -OCH3 is 3. The molecule has 0 bridgehead atoms. The highest BCUT2D eigenvalue weighted by atomic mass is 19.4. The number of aliphatic hydroxyl groups is 3. The van der Waals surface area contributed by atoms with Crippen LogP contribution in [-0.2, 0) is 19.3 Å². The fourth-order valence-electron chi connectivity index (χ4n) is 3.08. The van der Waals surface area contributed by atoms with E-state index < -0.39 is 90.0 Å². The van der Waals surface area contributed by atoms with Crippen LogP contribution in [0.1, 0.15) is 16.7 Å². The van der Waals surface area contributed by atoms with Crippen molar-refractivity contribution in [3.8, 4) is 17.2 Å². The Bertz CT molecular complexity index is 679. The van der Waals surface area contributed by atoms with Gasteiger partial charge in [-0.15, -0.1) is 0 Å². The van der Waals surface area contributed by atoms with Crippen LogP contribution in [0.5, 0.6) is 17.2 Å². The molecule has 0 heterocycles. The van der Waals surface area contributed by atoms with Crippen molar-refractivity contribution in [2.24, 2.45) is 0 Å². The van der Waals surface area contributed by atoms with Gasteiger partial charge in [-0.05, 0) is 0 Å². The number of hydrogen-bond donors (Lipinski definition) is 3. The van der Waals surface area contributed by atoms with E-state index in [0.29, 0.717) is 0 Å². The molecule has 33 heavy (non-hydrogen) atoms. The maximum Gasteiger partial charge on any atom is 0.414 e. The third kappa shape index (κ3) is 6.93. The first-order chi connectivity index (χ1) is 14.9. The van der Waals surface area contributed by atoms with Crippen molar-refractivity contribution in [2.75, 3.05) is 21.3 Å². The summed E-state index contributed by atoms with van der Waals surface area (Å²) in [5.74, 6) is -2.21. The zero-order chi connectivity index (χ0) is 25.9. The molecule has 0 aliphatic rings. The molecule has 1 aromatic rings. The van der Waals surface area contributed by atoms with Crippen molar-refractivity contribution in [1.82, 2.24) is 0 Å². The molecule has 0 saturated heterocycles. The van der Waals surface area contributed by atoms with Gasteiger partial charge in [0.2, 0.25) is 0 Å². The summed E-state index contributed by atoms with van der Waals surface area (Å²) in [7, 11) is 2.52. The standard InChI is InChI=1S/C18H21F9O6/c1-31-13-7(4-10(28)16(19,20)21)14(32-2)9(6-12(30)18(25,26)27)15(33-3)8(13)5-11(29)17(22,23)24/h10-12,28-30H,4-6H2,1-3H3/t10-,11-,12+/m0/s1. The number of halogens is 9. The predicted molar refractivity (Wildman–Crippen MR) is 93.4 cm³/mol. The molecule has 0 fully saturated rings. The van der Waals surface area contributed by atoms with E-state index in [1.165, 1.54) is 0 Å². The van der Waals surface area contributed by atoms with Crippen LogP contribution in [0.15, 0.2) is 0 Å². The normalized spacial score (nSPS) is 15.7. The average molecular weight is 504 g/mol. The van der Waals surface area contributed by atoms with Gasteiger partial charge in [0.25, 0.3) is 0 Å². The minimum absolute atomic E-state index is 0.736. The van der Waals surface area contributed by atoms with Crippen LogP contribution in [0.25, 0.3) is 0 Å². The topological polar surface area (TPSA) is 88.4 Å². The van der Waals surface area contributed by atoms with Crippen molar-refractivity contribution in [3.63, 3.8) is 0 Å². The van der Waals surface area contributed by atoms with Crippen LogP contribution in [0.4, 0.5) is 39.5 Å². The summed E-state index contributed by atoms with van der Waals surface area (Å²) in [5.41, 5.74) is -2.21. The third-order valence-electron chi connectivity index (χ3n) is 4.58. The quantitative estimate of drug-likeness (QED) is 0.448. The molecule has 192 valence electrons. The molecule has 15 heteroatoms. The number of aliphatic hydroxyl groups excluding tert-OH is 3. The second-order valence-corrected chi connectivity index (χ2v) is 6.82. The molecule has 0 aliphatic heterocycles. The summed E-state index contributed by atoms with van der Waals surface area (Å²) in [4.78, 5) is 0. The number of benzene rings is 1. The molecule has 3 N–H and O–H groups in total. The molecule has 6 nitrogen and oxygen atoms in total. The van der Waals surface area contributed by atoms with Gasteiger partial charge in [-0.25, -0.2) is 0 Å². The predicted octanol–water partition coefficient (Wildman–Crippen LogP) is 3.11. The van der Waals surface area contributed by atoms with Crippen LogP contribution in [0.3, 0.4) is 0 Å². The summed E-state index contributed by atoms with van der Waals surface area (Å²) in [6.45, 7) is 0. The van der Waals surface area contributed by atoms with E-state index in [4.69, 9.17) is 14.2 Å². The Morgan fingerprint density at radius 3 is 0.818 bits per heavy atom. The Morgan fingerprint density at radius 2 is 0.697 bits per heavy atom. The Morgan fingerprint density at radius 1 is 0.515 bits per heavy atom. The fourth-order valence-corrected chi connectivity index (χ4v) is 3.08. The summed E-state index contributed by atoms with van der Waals surface area (Å²) >= 11 is 0. The molecule has 0 saturated carbocycles. The largest absolute Gasteiger partial charge is 0.496 e. The van der Waals surface area contributed by atoms with Crippen molar-refractivity contribution in [2.45, 2.75) is 56.1 Å². The number of rotatable bonds is 9. The molecule has 0 aliphatic carbocycles. The average Bonchev–Trinajstić information content (AvgIpc) is 2.66. The molecule has 0 radical (unpaired) electrons. The molecule has 0 unspecified atom stereocenters. The second-order valence-electron chi connectivity index (χ2n) is 6.82. The van der Waals surface area contributed by atoms with Crippen LogP contribution >= 0.6 is 0 Å². The minimum atomic E-state index is -5.22. The Kier molecular flexibility index (Phi) is 9.13. The van der Waals surface area contributed by atoms with E-state index in [9.17, 15) is 54.8 Å². The first-order valence-corrected chi connectivity index (χ1v) is 8.96. The zero-order valence-corrected chi connectivity index (χ0v) is 17.3. The van der Waals surface area contributed by atoms with Crippen molar-refractivity contribution < 1.29 is 69.0 Å². The number of hydrogen-bond acceptors (Lipinski definition) is 6. The van der Waals surface area contributed by atoms with Gasteiger partial charge in [0.15, 0.2) is 18.3 Å². The van der Waals surface area contributed by atoms with Crippen molar-refractivity contribution >= 4 is 0 Å². The van der Waals surface area contributed by atoms with E-state index in [0.717, 1.165) is 21.3 Å². The minimum Gasteiger partial charge on any atom is -0.496 e. The Balaban J connectivity index is 3.94. The van der Waals surface area contributed by atoms with Gasteiger partial charge in [0.1, 0.15) is 17.2 Å². The maximum atomic E-state index is 13.0. The zero-order valence-electron chi connectivity index (χ0n) is 17.3. The van der Waals surface area contributed by atoms with Crippen molar-refractivity contribution in [3.05, 3.63) is 16.7 Å². The number of alkyl halides is 9. The third-order valence-corrected chi connectivity index (χ3v) is 4.58. The molecule has 0 spiro atoms. The fraction of sp³-hybridized carbons (Fsp3) is 0.667. The Labute approximate surface area is 181 Å². The van der Waals surface area contributed by atoms with E-state index >= 15 is 0 Å². The molecular formula is C18H21F9O6. The van der Waals surface area contributed by atoms with Crippen LogP contribution in [0.2, 0.25) is 0 Å². The molecular weight excluding hydrogens is 483 g/mol. The van der Waals surface area contributed by atoms with Gasteiger partial charge < -0.3 is 29.5 Å². The number of ether oxygens (including phenoxy) is 3. The molecule has 3 atom stereocenters. The first-order valence-electron chi connectivity index (χ1n) is 8.96. The molecule has 0 aromatic heterocycles. The van der Waals surface area contributed by atoms with Gasteiger partial charge in [0.05, 0.1) is 21.3 Å². The van der Waals surface area contributed by atoms with Crippen molar-refractivity contribution in [1.29, 1.82) is 0 Å². The van der Waals surface area contributed by atoms with E-state index in [-0.39, 0.29) is 0 Å². The highest BCUT2D eigenvalue weighted by molar-refractivity contribution is 5.63. The monoisotopic (exact) mass is 504 g/mol. The molecule has 0 amide bonds. The van der Waals surface area contributed by atoms with Gasteiger partial charge in [0, 0.05) is 36.0 Å². The van der Waals surface area contributed by atoms with Gasteiger partial charge >= 0.3 is 18.5 Å². The lowest BCUT2D eigenvalue weighted by atomic mass is 9.91. The lowest BCUT2D eigenvalue weighted by molar-refractivity contribution is -0.203.